The third kappa shape index (κ3) is 5.14. The standard InChI is InChI=1S/C15H25N3O5S2/c1-3-24(19,20)17-9-11-25(21,22)18-10-8-16-12-14(18)13-6-4-5-7-15(13)23-2/h4-7,14,16-17H,3,8-12H2,1-2H3. The summed E-state index contributed by atoms with van der Waals surface area (Å²) in [6.45, 7) is 2.71. The van der Waals surface area contributed by atoms with Crippen molar-refractivity contribution in [1.29, 1.82) is 0 Å². The van der Waals surface area contributed by atoms with Crippen molar-refractivity contribution in [3.8, 4) is 5.75 Å². The van der Waals surface area contributed by atoms with E-state index in [9.17, 15) is 16.8 Å². The molecular weight excluding hydrogens is 366 g/mol. The van der Waals surface area contributed by atoms with Gasteiger partial charge in [-0.3, -0.25) is 0 Å². The number of nitrogens with zero attached hydrogens (tertiary/aromatic N) is 1. The monoisotopic (exact) mass is 391 g/mol. The number of hydrogen-bond donors (Lipinski definition) is 2. The summed E-state index contributed by atoms with van der Waals surface area (Å²) in [6, 6.07) is 6.92. The Morgan fingerprint density at radius 2 is 2.00 bits per heavy atom. The summed E-state index contributed by atoms with van der Waals surface area (Å²) in [5.74, 6) is 0.269. The highest BCUT2D eigenvalue weighted by molar-refractivity contribution is 7.90. The second-order valence-electron chi connectivity index (χ2n) is 5.69. The lowest BCUT2D eigenvalue weighted by Gasteiger charge is -2.36. The Morgan fingerprint density at radius 3 is 2.68 bits per heavy atom. The van der Waals surface area contributed by atoms with Crippen LogP contribution in [-0.2, 0) is 20.0 Å². The summed E-state index contributed by atoms with van der Waals surface area (Å²) >= 11 is 0. The SMILES string of the molecule is CCS(=O)(=O)NCCS(=O)(=O)N1CCNCC1c1ccccc1OC. The lowest BCUT2D eigenvalue weighted by molar-refractivity contribution is 0.265. The number of para-hydroxylation sites is 1. The fourth-order valence-corrected chi connectivity index (χ4v) is 5.06. The van der Waals surface area contributed by atoms with Gasteiger partial charge < -0.3 is 10.1 Å². The van der Waals surface area contributed by atoms with E-state index in [1.807, 2.05) is 18.2 Å². The van der Waals surface area contributed by atoms with E-state index in [1.54, 1.807) is 13.2 Å². The minimum absolute atomic E-state index is 0.0788. The van der Waals surface area contributed by atoms with Crippen LogP contribution in [0.3, 0.4) is 0 Å². The van der Waals surface area contributed by atoms with Gasteiger partial charge in [0.25, 0.3) is 0 Å². The number of rotatable bonds is 8. The molecule has 2 N–H and O–H groups in total. The molecule has 0 bridgehead atoms. The average molecular weight is 392 g/mol. The summed E-state index contributed by atoms with van der Waals surface area (Å²) in [5.41, 5.74) is 0.787. The average Bonchev–Trinajstić information content (AvgIpc) is 2.61. The van der Waals surface area contributed by atoms with Crippen LogP contribution in [0, 0.1) is 0 Å². The maximum atomic E-state index is 12.8. The van der Waals surface area contributed by atoms with Gasteiger partial charge in [0.1, 0.15) is 5.75 Å². The first-order valence-electron chi connectivity index (χ1n) is 8.11. The Labute approximate surface area is 149 Å². The third-order valence-corrected chi connectivity index (χ3v) is 7.39. The van der Waals surface area contributed by atoms with E-state index >= 15 is 0 Å². The maximum Gasteiger partial charge on any atom is 0.216 e. The van der Waals surface area contributed by atoms with Gasteiger partial charge in [-0.25, -0.2) is 21.6 Å². The first-order valence-corrected chi connectivity index (χ1v) is 11.4. The van der Waals surface area contributed by atoms with Crippen molar-refractivity contribution in [2.24, 2.45) is 0 Å². The molecule has 0 aliphatic carbocycles. The van der Waals surface area contributed by atoms with E-state index in [4.69, 9.17) is 4.74 Å². The smallest absolute Gasteiger partial charge is 0.216 e. The molecule has 1 heterocycles. The van der Waals surface area contributed by atoms with Crippen molar-refractivity contribution >= 4 is 20.0 Å². The second-order valence-corrected chi connectivity index (χ2v) is 9.82. The molecule has 0 radical (unpaired) electrons. The zero-order valence-electron chi connectivity index (χ0n) is 14.4. The van der Waals surface area contributed by atoms with Gasteiger partial charge in [-0.15, -0.1) is 0 Å². The highest BCUT2D eigenvalue weighted by atomic mass is 32.2. The number of methoxy groups -OCH3 is 1. The molecule has 0 amide bonds. The molecule has 1 fully saturated rings. The predicted octanol–water partition coefficient (Wildman–Crippen LogP) is -0.0894. The first-order chi connectivity index (χ1) is 11.8. The van der Waals surface area contributed by atoms with Crippen LogP contribution in [0.1, 0.15) is 18.5 Å². The Morgan fingerprint density at radius 1 is 1.28 bits per heavy atom. The van der Waals surface area contributed by atoms with Crippen LogP contribution in [-0.4, -0.2) is 65.9 Å². The van der Waals surface area contributed by atoms with Gasteiger partial charge >= 0.3 is 0 Å². The summed E-state index contributed by atoms with van der Waals surface area (Å²) in [4.78, 5) is 0. The highest BCUT2D eigenvalue weighted by Crippen LogP contribution is 2.31. The van der Waals surface area contributed by atoms with E-state index < -0.39 is 26.1 Å². The number of ether oxygens (including phenoxy) is 1. The fourth-order valence-electron chi connectivity index (χ4n) is 2.77. The lowest BCUT2D eigenvalue weighted by atomic mass is 10.0. The number of piperazine rings is 1. The molecule has 10 heteroatoms. The van der Waals surface area contributed by atoms with Gasteiger partial charge in [-0.05, 0) is 13.0 Å². The molecule has 0 aromatic heterocycles. The van der Waals surface area contributed by atoms with Crippen molar-refractivity contribution in [3.05, 3.63) is 29.8 Å². The number of benzene rings is 1. The van der Waals surface area contributed by atoms with Crippen molar-refractivity contribution in [2.75, 3.05) is 44.8 Å². The minimum Gasteiger partial charge on any atom is -0.496 e. The zero-order chi connectivity index (χ0) is 18.5. The van der Waals surface area contributed by atoms with Crippen LogP contribution >= 0.6 is 0 Å². The zero-order valence-corrected chi connectivity index (χ0v) is 16.1. The molecule has 1 unspecified atom stereocenters. The van der Waals surface area contributed by atoms with Gasteiger partial charge in [-0.2, -0.15) is 4.31 Å². The normalized spacial score (nSPS) is 19.7. The topological polar surface area (TPSA) is 105 Å². The van der Waals surface area contributed by atoms with Crippen LogP contribution in [0.25, 0.3) is 0 Å². The Hall–Kier alpha value is -1.20. The molecule has 8 nitrogen and oxygen atoms in total. The van der Waals surface area contributed by atoms with Crippen molar-refractivity contribution < 1.29 is 21.6 Å². The van der Waals surface area contributed by atoms with Gasteiger partial charge in [0, 0.05) is 31.7 Å². The molecule has 0 saturated carbocycles. The predicted molar refractivity (Wildman–Crippen MR) is 96.6 cm³/mol. The molecule has 1 atom stereocenters. The van der Waals surface area contributed by atoms with Crippen LogP contribution in [0.15, 0.2) is 24.3 Å². The number of nitrogens with one attached hydrogen (secondary N) is 2. The second kappa shape index (κ2) is 8.45. The van der Waals surface area contributed by atoms with Crippen molar-refractivity contribution in [3.63, 3.8) is 0 Å². The summed E-state index contributed by atoms with van der Waals surface area (Å²) in [7, 11) is -5.49. The van der Waals surface area contributed by atoms with E-state index in [-0.39, 0.29) is 18.1 Å². The first kappa shape index (κ1) is 20.1. The molecule has 1 aliphatic rings. The quantitative estimate of drug-likeness (QED) is 0.642. The van der Waals surface area contributed by atoms with Crippen LogP contribution in [0.4, 0.5) is 0 Å². The Bertz CT molecular complexity index is 780. The van der Waals surface area contributed by atoms with Crippen molar-refractivity contribution in [1.82, 2.24) is 14.3 Å². The Kier molecular flexibility index (Phi) is 6.80. The fraction of sp³-hybridized carbons (Fsp3) is 0.600. The number of hydrogen-bond acceptors (Lipinski definition) is 6. The van der Waals surface area contributed by atoms with E-state index in [0.717, 1.165) is 5.56 Å². The molecule has 1 saturated heterocycles. The molecular formula is C15H25N3O5S2. The molecule has 2 rings (SSSR count). The summed E-state index contributed by atoms with van der Waals surface area (Å²) < 4.78 is 57.6. The molecule has 1 aromatic rings. The van der Waals surface area contributed by atoms with Crippen molar-refractivity contribution in [2.45, 2.75) is 13.0 Å². The highest BCUT2D eigenvalue weighted by Gasteiger charge is 2.34. The van der Waals surface area contributed by atoms with E-state index in [2.05, 4.69) is 10.0 Å². The largest absolute Gasteiger partial charge is 0.496 e. The van der Waals surface area contributed by atoms with Crippen LogP contribution in [0.2, 0.25) is 0 Å². The summed E-state index contributed by atoms with van der Waals surface area (Å²) in [6.07, 6.45) is 0. The van der Waals surface area contributed by atoms with E-state index in [0.29, 0.717) is 25.4 Å². The van der Waals surface area contributed by atoms with Gasteiger partial charge in [-0.1, -0.05) is 18.2 Å². The van der Waals surface area contributed by atoms with Gasteiger partial charge in [0.2, 0.25) is 20.0 Å². The van der Waals surface area contributed by atoms with Gasteiger partial charge in [0.05, 0.1) is 24.7 Å². The lowest BCUT2D eigenvalue weighted by Crippen LogP contribution is -2.50. The van der Waals surface area contributed by atoms with E-state index in [1.165, 1.54) is 11.2 Å². The molecule has 1 aliphatic heterocycles. The van der Waals surface area contributed by atoms with Crippen LogP contribution in [0.5, 0.6) is 5.75 Å². The molecule has 142 valence electrons. The molecule has 1 aromatic carbocycles. The Balaban J connectivity index is 2.19. The number of sulfonamides is 2. The third-order valence-electron chi connectivity index (χ3n) is 4.11. The van der Waals surface area contributed by atoms with Crippen LogP contribution < -0.4 is 14.8 Å². The summed E-state index contributed by atoms with van der Waals surface area (Å²) in [5, 5.41) is 3.20. The maximum absolute atomic E-state index is 12.8. The molecule has 0 spiro atoms. The molecule has 25 heavy (non-hydrogen) atoms. The van der Waals surface area contributed by atoms with Gasteiger partial charge in [0.15, 0.2) is 0 Å². The minimum atomic E-state index is -3.63.